The first kappa shape index (κ1) is 13.6. The summed E-state index contributed by atoms with van der Waals surface area (Å²) < 4.78 is 0.929. The zero-order chi connectivity index (χ0) is 12.8. The molecule has 0 unspecified atom stereocenters. The van der Waals surface area contributed by atoms with Gasteiger partial charge in [0.15, 0.2) is 0 Å². The maximum absolute atomic E-state index is 4.47. The van der Waals surface area contributed by atoms with Crippen LogP contribution in [-0.2, 0) is 0 Å². The van der Waals surface area contributed by atoms with Crippen LogP contribution in [0.25, 0.3) is 0 Å². The molecule has 100 valence electrons. The molecule has 0 amide bonds. The molecule has 0 radical (unpaired) electrons. The third kappa shape index (κ3) is 3.83. The summed E-state index contributed by atoms with van der Waals surface area (Å²) in [6.07, 6.45) is 8.33. The molecular formula is C13H21BrN4. The number of rotatable bonds is 7. The van der Waals surface area contributed by atoms with Gasteiger partial charge in [-0.05, 0) is 34.7 Å². The Morgan fingerprint density at radius 2 is 2.17 bits per heavy atom. The number of hydrogen-bond donors (Lipinski definition) is 2. The van der Waals surface area contributed by atoms with Crippen molar-refractivity contribution in [1.29, 1.82) is 0 Å². The Morgan fingerprint density at radius 1 is 1.33 bits per heavy atom. The van der Waals surface area contributed by atoms with Gasteiger partial charge in [0.25, 0.3) is 0 Å². The fourth-order valence-corrected chi connectivity index (χ4v) is 2.32. The van der Waals surface area contributed by atoms with Gasteiger partial charge in [-0.3, -0.25) is 0 Å². The summed E-state index contributed by atoms with van der Waals surface area (Å²) in [7, 11) is 0. The first-order chi connectivity index (χ1) is 8.79. The predicted molar refractivity (Wildman–Crippen MR) is 79.0 cm³/mol. The molecule has 0 saturated heterocycles. The van der Waals surface area contributed by atoms with Crippen molar-refractivity contribution in [3.63, 3.8) is 0 Å². The molecule has 18 heavy (non-hydrogen) atoms. The van der Waals surface area contributed by atoms with E-state index in [4.69, 9.17) is 0 Å². The zero-order valence-electron chi connectivity index (χ0n) is 10.9. The van der Waals surface area contributed by atoms with Crippen LogP contribution < -0.4 is 10.6 Å². The van der Waals surface area contributed by atoms with Crippen molar-refractivity contribution in [3.8, 4) is 0 Å². The Balaban J connectivity index is 1.84. The summed E-state index contributed by atoms with van der Waals surface area (Å²) in [6.45, 7) is 4.03. The quantitative estimate of drug-likeness (QED) is 0.806. The van der Waals surface area contributed by atoms with Crippen molar-refractivity contribution in [2.45, 2.75) is 39.0 Å². The summed E-state index contributed by atoms with van der Waals surface area (Å²) in [6, 6.07) is 0. The lowest BCUT2D eigenvalue weighted by atomic mass is 9.83. The Kier molecular flexibility index (Phi) is 5.23. The van der Waals surface area contributed by atoms with E-state index in [-0.39, 0.29) is 0 Å². The average molecular weight is 313 g/mol. The minimum Gasteiger partial charge on any atom is -0.369 e. The molecule has 0 aliphatic heterocycles. The van der Waals surface area contributed by atoms with Gasteiger partial charge in [0, 0.05) is 19.3 Å². The van der Waals surface area contributed by atoms with Crippen LogP contribution in [0.15, 0.2) is 10.7 Å². The SMILES string of the molecule is CCCNc1ncc(Br)c(NCCC2CCC2)n1. The summed E-state index contributed by atoms with van der Waals surface area (Å²) in [5.41, 5.74) is 0. The van der Waals surface area contributed by atoms with Crippen molar-refractivity contribution in [3.05, 3.63) is 10.7 Å². The summed E-state index contributed by atoms with van der Waals surface area (Å²) in [4.78, 5) is 8.71. The minimum atomic E-state index is 0.700. The van der Waals surface area contributed by atoms with Crippen molar-refractivity contribution in [1.82, 2.24) is 9.97 Å². The van der Waals surface area contributed by atoms with Crippen LogP contribution in [0.3, 0.4) is 0 Å². The fourth-order valence-electron chi connectivity index (χ4n) is 1.99. The van der Waals surface area contributed by atoms with Crippen LogP contribution in [0.4, 0.5) is 11.8 Å². The summed E-state index contributed by atoms with van der Waals surface area (Å²) >= 11 is 3.48. The fraction of sp³-hybridized carbons (Fsp3) is 0.692. The molecule has 1 aliphatic carbocycles. The first-order valence-electron chi connectivity index (χ1n) is 6.80. The molecule has 2 N–H and O–H groups in total. The van der Waals surface area contributed by atoms with E-state index in [1.807, 2.05) is 0 Å². The highest BCUT2D eigenvalue weighted by atomic mass is 79.9. The Labute approximate surface area is 117 Å². The van der Waals surface area contributed by atoms with E-state index in [0.717, 1.165) is 35.7 Å². The molecule has 1 aromatic rings. The van der Waals surface area contributed by atoms with Crippen molar-refractivity contribution < 1.29 is 0 Å². The summed E-state index contributed by atoms with van der Waals surface area (Å²) in [5, 5.41) is 6.59. The van der Waals surface area contributed by atoms with Gasteiger partial charge in [0.05, 0.1) is 4.47 Å². The molecule has 1 fully saturated rings. The third-order valence-electron chi connectivity index (χ3n) is 3.35. The number of nitrogens with zero attached hydrogens (tertiary/aromatic N) is 2. The Hall–Kier alpha value is -0.840. The largest absolute Gasteiger partial charge is 0.369 e. The maximum atomic E-state index is 4.47. The van der Waals surface area contributed by atoms with Crippen LogP contribution in [0.5, 0.6) is 0 Å². The Bertz CT molecular complexity index is 379. The topological polar surface area (TPSA) is 49.8 Å². The predicted octanol–water partition coefficient (Wildman–Crippen LogP) is 3.66. The van der Waals surface area contributed by atoms with E-state index in [1.54, 1.807) is 6.20 Å². The molecule has 0 aromatic carbocycles. The lowest BCUT2D eigenvalue weighted by Crippen LogP contribution is -2.16. The molecule has 0 atom stereocenters. The monoisotopic (exact) mass is 312 g/mol. The summed E-state index contributed by atoms with van der Waals surface area (Å²) in [5.74, 6) is 2.52. The van der Waals surface area contributed by atoms with Crippen LogP contribution in [0.1, 0.15) is 39.0 Å². The van der Waals surface area contributed by atoms with Gasteiger partial charge < -0.3 is 10.6 Å². The van der Waals surface area contributed by atoms with Crippen LogP contribution in [0, 0.1) is 5.92 Å². The van der Waals surface area contributed by atoms with E-state index in [1.165, 1.54) is 25.7 Å². The standard InChI is InChI=1S/C13H21BrN4/c1-2-7-16-13-17-9-11(14)12(18-13)15-8-6-10-4-3-5-10/h9-10H,2-8H2,1H3,(H2,15,16,17,18). The molecule has 0 bridgehead atoms. The van der Waals surface area contributed by atoms with Crippen LogP contribution >= 0.6 is 15.9 Å². The number of anilines is 2. The normalized spacial score (nSPS) is 15.2. The van der Waals surface area contributed by atoms with E-state index in [0.29, 0.717) is 5.95 Å². The number of halogens is 1. The molecule has 1 aromatic heterocycles. The molecule has 5 heteroatoms. The second-order valence-electron chi connectivity index (χ2n) is 4.83. The van der Waals surface area contributed by atoms with E-state index in [9.17, 15) is 0 Å². The van der Waals surface area contributed by atoms with Gasteiger partial charge in [-0.25, -0.2) is 4.98 Å². The molecule has 1 heterocycles. The molecule has 4 nitrogen and oxygen atoms in total. The number of hydrogen-bond acceptors (Lipinski definition) is 4. The Morgan fingerprint density at radius 3 is 2.83 bits per heavy atom. The molecule has 1 saturated carbocycles. The number of nitrogens with one attached hydrogen (secondary N) is 2. The van der Waals surface area contributed by atoms with Gasteiger partial charge in [-0.2, -0.15) is 4.98 Å². The molecular weight excluding hydrogens is 292 g/mol. The second-order valence-corrected chi connectivity index (χ2v) is 5.68. The second kappa shape index (κ2) is 6.92. The molecule has 0 spiro atoms. The van der Waals surface area contributed by atoms with Gasteiger partial charge in [0.2, 0.25) is 5.95 Å². The highest BCUT2D eigenvalue weighted by Gasteiger charge is 2.16. The van der Waals surface area contributed by atoms with Gasteiger partial charge in [0.1, 0.15) is 5.82 Å². The van der Waals surface area contributed by atoms with Crippen molar-refractivity contribution in [2.24, 2.45) is 5.92 Å². The first-order valence-corrected chi connectivity index (χ1v) is 7.59. The van der Waals surface area contributed by atoms with E-state index < -0.39 is 0 Å². The lowest BCUT2D eigenvalue weighted by Gasteiger charge is -2.25. The van der Waals surface area contributed by atoms with Gasteiger partial charge in [-0.1, -0.05) is 26.2 Å². The molecule has 2 rings (SSSR count). The minimum absolute atomic E-state index is 0.700. The van der Waals surface area contributed by atoms with E-state index >= 15 is 0 Å². The highest BCUT2D eigenvalue weighted by molar-refractivity contribution is 9.10. The van der Waals surface area contributed by atoms with Crippen LogP contribution in [0.2, 0.25) is 0 Å². The van der Waals surface area contributed by atoms with Crippen molar-refractivity contribution >= 4 is 27.7 Å². The lowest BCUT2D eigenvalue weighted by molar-refractivity contribution is 0.303. The zero-order valence-corrected chi connectivity index (χ0v) is 12.5. The smallest absolute Gasteiger partial charge is 0.224 e. The highest BCUT2D eigenvalue weighted by Crippen LogP contribution is 2.29. The number of aromatic nitrogens is 2. The molecule has 1 aliphatic rings. The van der Waals surface area contributed by atoms with Crippen molar-refractivity contribution in [2.75, 3.05) is 23.7 Å². The average Bonchev–Trinajstić information content (AvgIpc) is 2.32. The van der Waals surface area contributed by atoms with Gasteiger partial charge in [-0.15, -0.1) is 0 Å². The third-order valence-corrected chi connectivity index (χ3v) is 3.93. The van der Waals surface area contributed by atoms with Gasteiger partial charge >= 0.3 is 0 Å². The maximum Gasteiger partial charge on any atom is 0.224 e. The van der Waals surface area contributed by atoms with Crippen LogP contribution in [-0.4, -0.2) is 23.1 Å². The van der Waals surface area contributed by atoms with E-state index in [2.05, 4.69) is 43.5 Å².